The van der Waals surface area contributed by atoms with Crippen molar-refractivity contribution in [2.24, 2.45) is 0 Å². The lowest BCUT2D eigenvalue weighted by Gasteiger charge is -2.16. The zero-order valence-corrected chi connectivity index (χ0v) is 10.1. The molecule has 1 aliphatic rings. The van der Waals surface area contributed by atoms with Crippen molar-refractivity contribution in [2.45, 2.75) is 25.9 Å². The molecule has 0 amide bonds. The summed E-state index contributed by atoms with van der Waals surface area (Å²) in [5.74, 6) is 1.61. The van der Waals surface area contributed by atoms with Gasteiger partial charge in [-0.2, -0.15) is 0 Å². The van der Waals surface area contributed by atoms with Crippen molar-refractivity contribution in [2.75, 3.05) is 13.9 Å². The number of fused-ring (bicyclic) bond motifs is 1. The van der Waals surface area contributed by atoms with Gasteiger partial charge < -0.3 is 19.0 Å². The standard InChI is InChI=1S/C13H16O4/c1-9(5-6-14)12-10(7-15-2)3-4-11-13(12)17-8-16-11/h3-4,6,9H,5,7-8H2,1-2H3. The Morgan fingerprint density at radius 1 is 1.47 bits per heavy atom. The molecule has 4 nitrogen and oxygen atoms in total. The van der Waals surface area contributed by atoms with Crippen molar-refractivity contribution in [3.05, 3.63) is 23.3 Å². The summed E-state index contributed by atoms with van der Waals surface area (Å²) in [5, 5.41) is 0. The lowest BCUT2D eigenvalue weighted by atomic mass is 9.92. The molecule has 1 aromatic carbocycles. The predicted molar refractivity (Wildman–Crippen MR) is 62.4 cm³/mol. The predicted octanol–water partition coefficient (Wildman–Crippen LogP) is 2.25. The van der Waals surface area contributed by atoms with Gasteiger partial charge in [-0.05, 0) is 17.5 Å². The van der Waals surface area contributed by atoms with Crippen LogP contribution in [0.15, 0.2) is 12.1 Å². The highest BCUT2D eigenvalue weighted by Gasteiger charge is 2.24. The van der Waals surface area contributed by atoms with E-state index in [4.69, 9.17) is 14.2 Å². The maximum Gasteiger partial charge on any atom is 0.231 e. The van der Waals surface area contributed by atoms with Crippen LogP contribution in [0.5, 0.6) is 11.5 Å². The second-order valence-electron chi connectivity index (χ2n) is 4.11. The van der Waals surface area contributed by atoms with Crippen molar-refractivity contribution in [3.63, 3.8) is 0 Å². The fraction of sp³-hybridized carbons (Fsp3) is 0.462. The minimum atomic E-state index is 0.106. The molecule has 0 bridgehead atoms. The van der Waals surface area contributed by atoms with Crippen molar-refractivity contribution in [1.29, 1.82) is 0 Å². The number of carbonyl (C=O) groups excluding carboxylic acids is 1. The van der Waals surface area contributed by atoms with E-state index in [0.29, 0.717) is 13.0 Å². The van der Waals surface area contributed by atoms with E-state index in [1.54, 1.807) is 7.11 Å². The number of rotatable bonds is 5. The molecule has 0 radical (unpaired) electrons. The Labute approximate surface area is 100 Å². The Kier molecular flexibility index (Phi) is 3.64. The maximum atomic E-state index is 10.7. The zero-order valence-electron chi connectivity index (χ0n) is 10.1. The molecule has 17 heavy (non-hydrogen) atoms. The monoisotopic (exact) mass is 236 g/mol. The van der Waals surface area contributed by atoms with Crippen molar-refractivity contribution >= 4 is 6.29 Å². The van der Waals surface area contributed by atoms with E-state index in [-0.39, 0.29) is 12.7 Å². The SMILES string of the molecule is COCc1ccc2c(c1C(C)CC=O)OCO2. The lowest BCUT2D eigenvalue weighted by molar-refractivity contribution is -0.108. The van der Waals surface area contributed by atoms with Crippen LogP contribution in [0.4, 0.5) is 0 Å². The van der Waals surface area contributed by atoms with E-state index in [1.165, 1.54) is 0 Å². The summed E-state index contributed by atoms with van der Waals surface area (Å²) in [6.45, 7) is 2.76. The first-order valence-corrected chi connectivity index (χ1v) is 5.61. The summed E-state index contributed by atoms with van der Waals surface area (Å²) in [5.41, 5.74) is 2.07. The summed E-state index contributed by atoms with van der Waals surface area (Å²) in [4.78, 5) is 10.7. The third-order valence-electron chi connectivity index (χ3n) is 2.91. The Bertz CT molecular complexity index is 414. The molecule has 0 aliphatic carbocycles. The molecule has 0 saturated heterocycles. The van der Waals surface area contributed by atoms with E-state index in [2.05, 4.69) is 0 Å². The molecule has 0 aromatic heterocycles. The van der Waals surface area contributed by atoms with Gasteiger partial charge in [0.2, 0.25) is 6.79 Å². The molecule has 2 rings (SSSR count). The number of ether oxygens (including phenoxy) is 3. The smallest absolute Gasteiger partial charge is 0.231 e. The number of hydrogen-bond donors (Lipinski definition) is 0. The molecule has 1 heterocycles. The van der Waals surface area contributed by atoms with Crippen LogP contribution in [-0.4, -0.2) is 20.2 Å². The average molecular weight is 236 g/mol. The molecule has 1 unspecified atom stereocenters. The van der Waals surface area contributed by atoms with Gasteiger partial charge in [0.25, 0.3) is 0 Å². The van der Waals surface area contributed by atoms with Crippen molar-refractivity contribution in [3.8, 4) is 11.5 Å². The molecule has 0 saturated carbocycles. The molecule has 92 valence electrons. The Hall–Kier alpha value is -1.55. The van der Waals surface area contributed by atoms with Crippen LogP contribution >= 0.6 is 0 Å². The Morgan fingerprint density at radius 3 is 3.00 bits per heavy atom. The molecule has 1 aliphatic heterocycles. The summed E-state index contributed by atoms with van der Waals surface area (Å²) >= 11 is 0. The highest BCUT2D eigenvalue weighted by atomic mass is 16.7. The van der Waals surface area contributed by atoms with Crippen molar-refractivity contribution in [1.82, 2.24) is 0 Å². The average Bonchev–Trinajstić information content (AvgIpc) is 2.77. The van der Waals surface area contributed by atoms with Gasteiger partial charge in [0.1, 0.15) is 6.29 Å². The van der Waals surface area contributed by atoms with E-state index in [1.807, 2.05) is 19.1 Å². The zero-order chi connectivity index (χ0) is 12.3. The summed E-state index contributed by atoms with van der Waals surface area (Å²) in [6, 6.07) is 3.85. The van der Waals surface area contributed by atoms with Crippen LogP contribution in [0.3, 0.4) is 0 Å². The van der Waals surface area contributed by atoms with Crippen molar-refractivity contribution < 1.29 is 19.0 Å². The number of methoxy groups -OCH3 is 1. The Morgan fingerprint density at radius 2 is 2.29 bits per heavy atom. The van der Waals surface area contributed by atoms with Gasteiger partial charge in [-0.1, -0.05) is 13.0 Å². The van der Waals surface area contributed by atoms with Gasteiger partial charge >= 0.3 is 0 Å². The van der Waals surface area contributed by atoms with Crippen LogP contribution in [0.25, 0.3) is 0 Å². The normalized spacial score (nSPS) is 14.7. The molecule has 0 fully saturated rings. The first-order chi connectivity index (χ1) is 8.27. The van der Waals surface area contributed by atoms with Gasteiger partial charge in [-0.3, -0.25) is 0 Å². The number of aldehydes is 1. The largest absolute Gasteiger partial charge is 0.454 e. The van der Waals surface area contributed by atoms with E-state index in [9.17, 15) is 4.79 Å². The second-order valence-corrected chi connectivity index (χ2v) is 4.11. The third kappa shape index (κ3) is 2.26. The third-order valence-corrected chi connectivity index (χ3v) is 2.91. The molecule has 1 aromatic rings. The quantitative estimate of drug-likeness (QED) is 0.735. The molecular weight excluding hydrogens is 220 g/mol. The van der Waals surface area contributed by atoms with Gasteiger partial charge in [0, 0.05) is 19.1 Å². The van der Waals surface area contributed by atoms with Gasteiger partial charge in [0.15, 0.2) is 11.5 Å². The highest BCUT2D eigenvalue weighted by Crippen LogP contribution is 2.42. The van der Waals surface area contributed by atoms with Gasteiger partial charge in [-0.15, -0.1) is 0 Å². The molecular formula is C13H16O4. The van der Waals surface area contributed by atoms with E-state index in [0.717, 1.165) is 28.9 Å². The number of benzene rings is 1. The van der Waals surface area contributed by atoms with Crippen LogP contribution in [-0.2, 0) is 16.1 Å². The number of hydrogen-bond acceptors (Lipinski definition) is 4. The van der Waals surface area contributed by atoms with Crippen LogP contribution in [0.1, 0.15) is 30.4 Å². The van der Waals surface area contributed by atoms with E-state index < -0.39 is 0 Å². The van der Waals surface area contributed by atoms with Gasteiger partial charge in [0.05, 0.1) is 6.61 Å². The van der Waals surface area contributed by atoms with Crippen LogP contribution in [0, 0.1) is 0 Å². The lowest BCUT2D eigenvalue weighted by Crippen LogP contribution is -2.03. The molecule has 0 N–H and O–H groups in total. The summed E-state index contributed by atoms with van der Waals surface area (Å²) in [7, 11) is 1.65. The van der Waals surface area contributed by atoms with E-state index >= 15 is 0 Å². The topological polar surface area (TPSA) is 44.8 Å². The minimum absolute atomic E-state index is 0.106. The highest BCUT2D eigenvalue weighted by molar-refractivity contribution is 5.57. The maximum absolute atomic E-state index is 10.7. The number of carbonyl (C=O) groups is 1. The fourth-order valence-electron chi connectivity index (χ4n) is 2.12. The van der Waals surface area contributed by atoms with Gasteiger partial charge in [-0.25, -0.2) is 0 Å². The molecule has 1 atom stereocenters. The molecule has 4 heteroatoms. The molecule has 0 spiro atoms. The fourth-order valence-corrected chi connectivity index (χ4v) is 2.12. The first-order valence-electron chi connectivity index (χ1n) is 5.61. The second kappa shape index (κ2) is 5.19. The minimum Gasteiger partial charge on any atom is -0.454 e. The van der Waals surface area contributed by atoms with Crippen LogP contribution < -0.4 is 9.47 Å². The van der Waals surface area contributed by atoms with Crippen LogP contribution in [0.2, 0.25) is 0 Å². The summed E-state index contributed by atoms with van der Waals surface area (Å²) in [6.07, 6.45) is 1.40. The first kappa shape index (κ1) is 11.9. The Balaban J connectivity index is 2.43. The summed E-state index contributed by atoms with van der Waals surface area (Å²) < 4.78 is 16.0.